The monoisotopic (exact) mass is 188 g/mol. The Morgan fingerprint density at radius 3 is 3.00 bits per heavy atom. The number of hydrogen-bond acceptors (Lipinski definition) is 4. The van der Waals surface area contributed by atoms with E-state index in [1.54, 1.807) is 7.11 Å². The second-order valence-electron chi connectivity index (χ2n) is 3.76. The summed E-state index contributed by atoms with van der Waals surface area (Å²) in [5.41, 5.74) is 5.57. The smallest absolute Gasteiger partial charge is 0.0900 e. The van der Waals surface area contributed by atoms with Crippen molar-refractivity contribution in [2.45, 2.75) is 12.5 Å². The van der Waals surface area contributed by atoms with Crippen LogP contribution >= 0.6 is 0 Å². The molecule has 1 aliphatic rings. The maximum absolute atomic E-state index is 9.47. The molecule has 0 aliphatic carbocycles. The van der Waals surface area contributed by atoms with Crippen molar-refractivity contribution in [1.29, 1.82) is 0 Å². The third-order valence-corrected chi connectivity index (χ3v) is 2.53. The molecule has 1 fully saturated rings. The van der Waals surface area contributed by atoms with Crippen LogP contribution in [0.5, 0.6) is 0 Å². The number of ether oxygens (including phenoxy) is 1. The number of nitrogens with two attached hydrogens (primary N) is 1. The molecule has 0 aromatic rings. The highest BCUT2D eigenvalue weighted by Crippen LogP contribution is 2.14. The Morgan fingerprint density at radius 2 is 2.46 bits per heavy atom. The molecule has 4 heteroatoms. The number of aliphatic hydroxyl groups is 1. The van der Waals surface area contributed by atoms with Gasteiger partial charge in [0.05, 0.1) is 12.7 Å². The number of likely N-dealkylation sites (tertiary alicyclic amines) is 1. The second-order valence-corrected chi connectivity index (χ2v) is 3.76. The van der Waals surface area contributed by atoms with Gasteiger partial charge >= 0.3 is 0 Å². The molecule has 0 spiro atoms. The lowest BCUT2D eigenvalue weighted by Crippen LogP contribution is -2.33. The minimum Gasteiger partial charge on any atom is -0.389 e. The van der Waals surface area contributed by atoms with Gasteiger partial charge in [-0.05, 0) is 25.4 Å². The molecule has 1 rings (SSSR count). The summed E-state index contributed by atoms with van der Waals surface area (Å²) in [6.45, 7) is 3.98. The number of methoxy groups -OCH3 is 1. The Labute approximate surface area is 79.7 Å². The van der Waals surface area contributed by atoms with Gasteiger partial charge in [0, 0.05) is 20.2 Å². The van der Waals surface area contributed by atoms with Gasteiger partial charge in [0.15, 0.2) is 0 Å². The average molecular weight is 188 g/mol. The van der Waals surface area contributed by atoms with Crippen molar-refractivity contribution in [1.82, 2.24) is 4.90 Å². The van der Waals surface area contributed by atoms with E-state index in [2.05, 4.69) is 4.90 Å². The second kappa shape index (κ2) is 5.54. The zero-order valence-corrected chi connectivity index (χ0v) is 8.28. The number of rotatable bonds is 5. The predicted octanol–water partition coefficient (Wildman–Crippen LogP) is -0.726. The minimum atomic E-state index is -0.360. The number of β-amino-alcohol motifs (C(OH)–C–C–N with tert-alkyl or cyclic N) is 1. The van der Waals surface area contributed by atoms with Crippen LogP contribution in [0.2, 0.25) is 0 Å². The SMILES string of the molecule is COCC(O)CN1CCC(CN)C1. The summed E-state index contributed by atoms with van der Waals surface area (Å²) in [6, 6.07) is 0. The maximum Gasteiger partial charge on any atom is 0.0900 e. The Bertz CT molecular complexity index is 144. The van der Waals surface area contributed by atoms with Gasteiger partial charge in [-0.3, -0.25) is 0 Å². The Kier molecular flexibility index (Phi) is 4.66. The molecule has 1 heterocycles. The first kappa shape index (κ1) is 10.9. The van der Waals surface area contributed by atoms with E-state index in [4.69, 9.17) is 10.5 Å². The van der Waals surface area contributed by atoms with Crippen molar-refractivity contribution < 1.29 is 9.84 Å². The van der Waals surface area contributed by atoms with Crippen molar-refractivity contribution in [2.24, 2.45) is 11.7 Å². The van der Waals surface area contributed by atoms with Crippen molar-refractivity contribution in [3.05, 3.63) is 0 Å². The third-order valence-electron chi connectivity index (χ3n) is 2.53. The van der Waals surface area contributed by atoms with Crippen LogP contribution < -0.4 is 5.73 Å². The van der Waals surface area contributed by atoms with Gasteiger partial charge in [0.2, 0.25) is 0 Å². The van der Waals surface area contributed by atoms with Gasteiger partial charge in [-0.25, -0.2) is 0 Å². The van der Waals surface area contributed by atoms with Crippen LogP contribution in [-0.4, -0.2) is 56.0 Å². The minimum absolute atomic E-state index is 0.360. The first-order valence-corrected chi connectivity index (χ1v) is 4.85. The van der Waals surface area contributed by atoms with Crippen molar-refractivity contribution in [3.63, 3.8) is 0 Å². The molecule has 3 N–H and O–H groups in total. The predicted molar refractivity (Wildman–Crippen MR) is 51.5 cm³/mol. The van der Waals surface area contributed by atoms with Crippen molar-refractivity contribution in [3.8, 4) is 0 Å². The van der Waals surface area contributed by atoms with Crippen LogP contribution in [0, 0.1) is 5.92 Å². The molecule has 0 saturated carbocycles. The lowest BCUT2D eigenvalue weighted by molar-refractivity contribution is 0.0422. The van der Waals surface area contributed by atoms with Crippen molar-refractivity contribution >= 4 is 0 Å². The Balaban J connectivity index is 2.16. The highest BCUT2D eigenvalue weighted by molar-refractivity contribution is 4.77. The number of hydrogen-bond donors (Lipinski definition) is 2. The van der Waals surface area contributed by atoms with Crippen LogP contribution in [-0.2, 0) is 4.74 Å². The molecule has 0 bridgehead atoms. The molecule has 13 heavy (non-hydrogen) atoms. The topological polar surface area (TPSA) is 58.7 Å². The van der Waals surface area contributed by atoms with Gasteiger partial charge in [0.1, 0.15) is 0 Å². The first-order chi connectivity index (χ1) is 6.26. The summed E-state index contributed by atoms with van der Waals surface area (Å²) >= 11 is 0. The summed E-state index contributed by atoms with van der Waals surface area (Å²) in [5, 5.41) is 9.47. The molecule has 1 aliphatic heterocycles. The zero-order chi connectivity index (χ0) is 9.68. The lowest BCUT2D eigenvalue weighted by Gasteiger charge is -2.19. The quantitative estimate of drug-likeness (QED) is 0.597. The molecule has 0 amide bonds. The Morgan fingerprint density at radius 1 is 1.69 bits per heavy atom. The molecule has 78 valence electrons. The fraction of sp³-hybridized carbons (Fsp3) is 1.00. The van der Waals surface area contributed by atoms with E-state index in [1.165, 1.54) is 0 Å². The molecule has 0 aromatic carbocycles. The van der Waals surface area contributed by atoms with Gasteiger partial charge in [-0.15, -0.1) is 0 Å². The summed E-state index contributed by atoms with van der Waals surface area (Å²) in [7, 11) is 1.61. The lowest BCUT2D eigenvalue weighted by atomic mass is 10.1. The fourth-order valence-electron chi connectivity index (χ4n) is 1.81. The van der Waals surface area contributed by atoms with Gasteiger partial charge in [0.25, 0.3) is 0 Å². The molecule has 2 unspecified atom stereocenters. The Hall–Kier alpha value is -0.160. The van der Waals surface area contributed by atoms with E-state index >= 15 is 0 Å². The zero-order valence-electron chi connectivity index (χ0n) is 8.28. The summed E-state index contributed by atoms with van der Waals surface area (Å²) in [5.74, 6) is 0.620. The molecule has 0 aromatic heterocycles. The number of aliphatic hydroxyl groups excluding tert-OH is 1. The summed E-state index contributed by atoms with van der Waals surface area (Å²) in [6.07, 6.45) is 0.803. The summed E-state index contributed by atoms with van der Waals surface area (Å²) < 4.78 is 4.87. The number of nitrogens with zero attached hydrogens (tertiary/aromatic N) is 1. The first-order valence-electron chi connectivity index (χ1n) is 4.85. The molecule has 0 radical (unpaired) electrons. The van der Waals surface area contributed by atoms with Gasteiger partial charge in [-0.2, -0.15) is 0 Å². The standard InChI is InChI=1S/C9H20N2O2/c1-13-7-9(12)6-11-3-2-8(4-10)5-11/h8-9,12H,2-7,10H2,1H3. The fourth-order valence-corrected chi connectivity index (χ4v) is 1.81. The van der Waals surface area contributed by atoms with Crippen molar-refractivity contribution in [2.75, 3.05) is 39.9 Å². The highest BCUT2D eigenvalue weighted by Gasteiger charge is 2.22. The van der Waals surface area contributed by atoms with E-state index in [9.17, 15) is 5.11 Å². The van der Waals surface area contributed by atoms with E-state index in [1.807, 2.05) is 0 Å². The average Bonchev–Trinajstić information content (AvgIpc) is 2.52. The molecule has 1 saturated heterocycles. The van der Waals surface area contributed by atoms with Crippen LogP contribution in [0.3, 0.4) is 0 Å². The van der Waals surface area contributed by atoms with E-state index in [0.717, 1.165) is 26.1 Å². The van der Waals surface area contributed by atoms with E-state index < -0.39 is 0 Å². The van der Waals surface area contributed by atoms with Gasteiger partial charge < -0.3 is 20.5 Å². The molecule has 4 nitrogen and oxygen atoms in total. The van der Waals surface area contributed by atoms with Crippen LogP contribution in [0.1, 0.15) is 6.42 Å². The molecular formula is C9H20N2O2. The summed E-state index contributed by atoms with van der Waals surface area (Å²) in [4.78, 5) is 2.25. The normalized spacial score (nSPS) is 26.5. The highest BCUT2D eigenvalue weighted by atomic mass is 16.5. The van der Waals surface area contributed by atoms with Crippen LogP contribution in [0.25, 0.3) is 0 Å². The van der Waals surface area contributed by atoms with Crippen LogP contribution in [0.4, 0.5) is 0 Å². The van der Waals surface area contributed by atoms with Crippen LogP contribution in [0.15, 0.2) is 0 Å². The van der Waals surface area contributed by atoms with Gasteiger partial charge in [-0.1, -0.05) is 0 Å². The molecule has 2 atom stereocenters. The molecular weight excluding hydrogens is 168 g/mol. The third kappa shape index (κ3) is 3.60. The van der Waals surface area contributed by atoms with E-state index in [0.29, 0.717) is 19.1 Å². The van der Waals surface area contributed by atoms with E-state index in [-0.39, 0.29) is 6.10 Å². The largest absolute Gasteiger partial charge is 0.389 e. The maximum atomic E-state index is 9.47.